The molecule has 0 aliphatic carbocycles. The standard InChI is InChI=1S/C18H13F3N6O3S/c1-11-14(31(28,29)26-15-4-2-3-9-22-15)10-27(24-11)13-7-5-12(6-8-13)16-23-17(30-25-16)18(19,20)21/h2-10H,1H3,(H,22,26). The van der Waals surface area contributed by atoms with Crippen molar-refractivity contribution in [3.05, 3.63) is 66.4 Å². The molecule has 3 heterocycles. The number of rotatable bonds is 5. The fraction of sp³-hybridized carbons (Fsp3) is 0.111. The Kier molecular flexibility index (Phi) is 4.97. The lowest BCUT2D eigenvalue weighted by Crippen LogP contribution is -2.14. The molecule has 0 spiro atoms. The molecule has 0 amide bonds. The van der Waals surface area contributed by atoms with Gasteiger partial charge in [0.25, 0.3) is 10.0 Å². The Bertz CT molecular complexity index is 1320. The van der Waals surface area contributed by atoms with E-state index >= 15 is 0 Å². The van der Waals surface area contributed by atoms with Gasteiger partial charge in [0, 0.05) is 11.8 Å². The number of aromatic nitrogens is 5. The lowest BCUT2D eigenvalue weighted by atomic mass is 10.2. The summed E-state index contributed by atoms with van der Waals surface area (Å²) in [6.07, 6.45) is -1.95. The first-order chi connectivity index (χ1) is 14.6. The zero-order valence-electron chi connectivity index (χ0n) is 15.7. The van der Waals surface area contributed by atoms with Gasteiger partial charge in [0.2, 0.25) is 5.82 Å². The predicted molar refractivity (Wildman–Crippen MR) is 102 cm³/mol. The molecule has 0 radical (unpaired) electrons. The van der Waals surface area contributed by atoms with Gasteiger partial charge in [0.15, 0.2) is 0 Å². The summed E-state index contributed by atoms with van der Waals surface area (Å²) in [5, 5.41) is 7.53. The molecule has 13 heteroatoms. The molecule has 1 N–H and O–H groups in total. The van der Waals surface area contributed by atoms with Crippen LogP contribution in [0.3, 0.4) is 0 Å². The van der Waals surface area contributed by atoms with Crippen molar-refractivity contribution in [1.82, 2.24) is 24.9 Å². The number of pyridine rings is 1. The second-order valence-electron chi connectivity index (χ2n) is 6.31. The maximum Gasteiger partial charge on any atom is 0.471 e. The molecular formula is C18H13F3N6O3S. The first kappa shape index (κ1) is 20.5. The van der Waals surface area contributed by atoms with Gasteiger partial charge in [0.1, 0.15) is 10.7 Å². The van der Waals surface area contributed by atoms with Crippen LogP contribution in [0.1, 0.15) is 11.6 Å². The molecular weight excluding hydrogens is 437 g/mol. The number of hydrogen-bond donors (Lipinski definition) is 1. The second kappa shape index (κ2) is 7.50. The van der Waals surface area contributed by atoms with E-state index in [9.17, 15) is 21.6 Å². The Hall–Kier alpha value is -3.74. The zero-order chi connectivity index (χ0) is 22.2. The molecule has 0 atom stereocenters. The molecule has 0 saturated carbocycles. The molecule has 0 aliphatic heterocycles. The van der Waals surface area contributed by atoms with Crippen LogP contribution >= 0.6 is 0 Å². The van der Waals surface area contributed by atoms with Crippen LogP contribution in [0.25, 0.3) is 17.1 Å². The highest BCUT2D eigenvalue weighted by Gasteiger charge is 2.38. The number of anilines is 1. The van der Waals surface area contributed by atoms with Crippen molar-refractivity contribution in [2.24, 2.45) is 0 Å². The second-order valence-corrected chi connectivity index (χ2v) is 7.96. The monoisotopic (exact) mass is 450 g/mol. The van der Waals surface area contributed by atoms with Gasteiger partial charge in [-0.2, -0.15) is 23.3 Å². The van der Waals surface area contributed by atoms with Crippen LogP contribution in [0, 0.1) is 6.92 Å². The minimum absolute atomic E-state index is 0.0461. The Morgan fingerprint density at radius 2 is 1.84 bits per heavy atom. The van der Waals surface area contributed by atoms with E-state index in [1.165, 1.54) is 54.3 Å². The molecule has 0 fully saturated rings. The molecule has 4 aromatic rings. The summed E-state index contributed by atoms with van der Waals surface area (Å²) in [5.41, 5.74) is 1.02. The number of halogens is 3. The fourth-order valence-electron chi connectivity index (χ4n) is 2.68. The maximum atomic E-state index is 12.7. The number of sulfonamides is 1. The number of nitrogens with one attached hydrogen (secondary N) is 1. The van der Waals surface area contributed by atoms with E-state index in [1.807, 2.05) is 0 Å². The molecule has 0 saturated heterocycles. The fourth-order valence-corrected chi connectivity index (χ4v) is 3.85. The van der Waals surface area contributed by atoms with E-state index in [0.29, 0.717) is 5.69 Å². The van der Waals surface area contributed by atoms with Crippen LogP contribution in [0.15, 0.2) is 64.3 Å². The van der Waals surface area contributed by atoms with Crippen LogP contribution in [0.4, 0.5) is 19.0 Å². The number of aryl methyl sites for hydroxylation is 1. The van der Waals surface area contributed by atoms with Crippen molar-refractivity contribution < 1.29 is 26.1 Å². The van der Waals surface area contributed by atoms with Gasteiger partial charge in [-0.15, -0.1) is 0 Å². The van der Waals surface area contributed by atoms with Gasteiger partial charge in [-0.3, -0.25) is 4.72 Å². The third-order valence-corrected chi connectivity index (χ3v) is 5.56. The SMILES string of the molecule is Cc1nn(-c2ccc(-c3noc(C(F)(F)F)n3)cc2)cc1S(=O)(=O)Nc1ccccn1. The zero-order valence-corrected chi connectivity index (χ0v) is 16.5. The molecule has 3 aromatic heterocycles. The summed E-state index contributed by atoms with van der Waals surface area (Å²) in [4.78, 5) is 7.21. The van der Waals surface area contributed by atoms with Crippen LogP contribution in [-0.2, 0) is 16.2 Å². The van der Waals surface area contributed by atoms with Gasteiger partial charge in [0.05, 0.1) is 17.6 Å². The minimum Gasteiger partial charge on any atom is -0.329 e. The highest BCUT2D eigenvalue weighted by molar-refractivity contribution is 7.92. The Labute approximate surface area is 173 Å². The number of alkyl halides is 3. The maximum absolute atomic E-state index is 12.7. The molecule has 1 aromatic carbocycles. The summed E-state index contributed by atoms with van der Waals surface area (Å²) in [6.45, 7) is 1.54. The number of benzene rings is 1. The predicted octanol–water partition coefficient (Wildman–Crippen LogP) is 3.45. The summed E-state index contributed by atoms with van der Waals surface area (Å²) < 4.78 is 71.1. The quantitative estimate of drug-likeness (QED) is 0.495. The number of nitrogens with zero attached hydrogens (tertiary/aromatic N) is 5. The van der Waals surface area contributed by atoms with Crippen LogP contribution in [-0.4, -0.2) is 33.3 Å². The lowest BCUT2D eigenvalue weighted by Gasteiger charge is -2.05. The van der Waals surface area contributed by atoms with Gasteiger partial charge in [-0.05, 0) is 43.3 Å². The molecule has 160 valence electrons. The molecule has 0 aliphatic rings. The summed E-state index contributed by atoms with van der Waals surface area (Å²) in [5.74, 6) is -1.50. The van der Waals surface area contributed by atoms with Crippen molar-refractivity contribution in [1.29, 1.82) is 0 Å². The third kappa shape index (κ3) is 4.26. The van der Waals surface area contributed by atoms with Crippen molar-refractivity contribution in [2.45, 2.75) is 18.0 Å². The largest absolute Gasteiger partial charge is 0.471 e. The first-order valence-corrected chi connectivity index (χ1v) is 10.1. The Balaban J connectivity index is 1.59. The molecule has 31 heavy (non-hydrogen) atoms. The van der Waals surface area contributed by atoms with E-state index in [0.717, 1.165) is 0 Å². The topological polar surface area (TPSA) is 116 Å². The summed E-state index contributed by atoms with van der Waals surface area (Å²) in [7, 11) is -3.93. The molecule has 0 unspecified atom stereocenters. The van der Waals surface area contributed by atoms with E-state index in [-0.39, 0.29) is 27.8 Å². The van der Waals surface area contributed by atoms with Crippen molar-refractivity contribution in [3.8, 4) is 17.1 Å². The van der Waals surface area contributed by atoms with Gasteiger partial charge in [-0.1, -0.05) is 11.2 Å². The van der Waals surface area contributed by atoms with E-state index < -0.39 is 22.1 Å². The minimum atomic E-state index is -4.73. The molecule has 4 rings (SSSR count). The highest BCUT2D eigenvalue weighted by Crippen LogP contribution is 2.29. The Morgan fingerprint density at radius 1 is 1.10 bits per heavy atom. The number of hydrogen-bond acceptors (Lipinski definition) is 7. The van der Waals surface area contributed by atoms with Crippen molar-refractivity contribution in [3.63, 3.8) is 0 Å². The van der Waals surface area contributed by atoms with Gasteiger partial charge >= 0.3 is 12.1 Å². The van der Waals surface area contributed by atoms with Crippen molar-refractivity contribution >= 4 is 15.8 Å². The van der Waals surface area contributed by atoms with E-state index in [2.05, 4.69) is 29.5 Å². The summed E-state index contributed by atoms with van der Waals surface area (Å²) in [6, 6.07) is 10.8. The highest BCUT2D eigenvalue weighted by atomic mass is 32.2. The normalized spacial score (nSPS) is 12.1. The first-order valence-electron chi connectivity index (χ1n) is 8.65. The molecule has 9 nitrogen and oxygen atoms in total. The van der Waals surface area contributed by atoms with E-state index in [1.54, 1.807) is 12.1 Å². The molecule has 0 bridgehead atoms. The summed E-state index contributed by atoms with van der Waals surface area (Å²) >= 11 is 0. The average Bonchev–Trinajstić information content (AvgIpc) is 3.36. The van der Waals surface area contributed by atoms with Crippen LogP contribution < -0.4 is 4.72 Å². The van der Waals surface area contributed by atoms with Crippen LogP contribution in [0.5, 0.6) is 0 Å². The smallest absolute Gasteiger partial charge is 0.329 e. The van der Waals surface area contributed by atoms with Gasteiger partial charge < -0.3 is 4.52 Å². The van der Waals surface area contributed by atoms with Crippen LogP contribution in [0.2, 0.25) is 0 Å². The van der Waals surface area contributed by atoms with Crippen molar-refractivity contribution in [2.75, 3.05) is 4.72 Å². The third-order valence-electron chi connectivity index (χ3n) is 4.11. The lowest BCUT2D eigenvalue weighted by molar-refractivity contribution is -0.159. The van der Waals surface area contributed by atoms with E-state index in [4.69, 9.17) is 0 Å². The Morgan fingerprint density at radius 3 is 2.45 bits per heavy atom. The van der Waals surface area contributed by atoms with Gasteiger partial charge in [-0.25, -0.2) is 18.1 Å². The average molecular weight is 450 g/mol.